The minimum Gasteiger partial charge on any atom is -0.355 e. The number of carbonyl (C=O) groups is 1. The van der Waals surface area contributed by atoms with Crippen LogP contribution in [0.1, 0.15) is 18.4 Å². The van der Waals surface area contributed by atoms with Crippen molar-refractivity contribution in [1.29, 1.82) is 0 Å². The van der Waals surface area contributed by atoms with E-state index >= 15 is 0 Å². The summed E-state index contributed by atoms with van der Waals surface area (Å²) < 4.78 is 0. The Bertz CT molecular complexity index is 1030. The number of piperidine rings is 1. The molecular formula is C23H22Cl2N4O. The Morgan fingerprint density at radius 2 is 1.73 bits per heavy atom. The van der Waals surface area contributed by atoms with E-state index in [0.717, 1.165) is 54.3 Å². The molecule has 0 radical (unpaired) electrons. The number of nitrogens with one attached hydrogen (secondary N) is 1. The van der Waals surface area contributed by atoms with Gasteiger partial charge in [-0.05, 0) is 61.7 Å². The molecule has 5 nitrogen and oxygen atoms in total. The van der Waals surface area contributed by atoms with E-state index in [4.69, 9.17) is 23.2 Å². The number of benzene rings is 2. The molecule has 0 saturated carbocycles. The van der Waals surface area contributed by atoms with Gasteiger partial charge < -0.3 is 10.2 Å². The van der Waals surface area contributed by atoms with E-state index in [2.05, 4.69) is 20.4 Å². The molecule has 1 amide bonds. The van der Waals surface area contributed by atoms with Gasteiger partial charge in [0.1, 0.15) is 0 Å². The minimum atomic E-state index is -0.0269. The summed E-state index contributed by atoms with van der Waals surface area (Å²) in [4.78, 5) is 14.9. The zero-order valence-electron chi connectivity index (χ0n) is 16.6. The molecule has 30 heavy (non-hydrogen) atoms. The van der Waals surface area contributed by atoms with E-state index < -0.39 is 0 Å². The summed E-state index contributed by atoms with van der Waals surface area (Å²) in [6.45, 7) is 3.44. The largest absolute Gasteiger partial charge is 0.355 e. The Hall–Kier alpha value is -2.63. The molecule has 1 fully saturated rings. The topological polar surface area (TPSA) is 58.1 Å². The Morgan fingerprint density at radius 3 is 2.40 bits per heavy atom. The van der Waals surface area contributed by atoms with Gasteiger partial charge in [0, 0.05) is 40.3 Å². The van der Waals surface area contributed by atoms with E-state index in [-0.39, 0.29) is 11.8 Å². The second-order valence-corrected chi connectivity index (χ2v) is 8.29. The summed E-state index contributed by atoms with van der Waals surface area (Å²) in [5, 5.41) is 13.1. The highest BCUT2D eigenvalue weighted by Gasteiger charge is 2.26. The molecule has 1 aliphatic rings. The molecule has 2 heterocycles. The summed E-state index contributed by atoms with van der Waals surface area (Å²) in [5.74, 6) is 0.849. The van der Waals surface area contributed by atoms with Gasteiger partial charge in [-0.25, -0.2) is 0 Å². The number of aromatic nitrogens is 2. The first kappa shape index (κ1) is 20.6. The van der Waals surface area contributed by atoms with Gasteiger partial charge in [0.05, 0.1) is 5.69 Å². The molecule has 1 aromatic heterocycles. The molecule has 154 valence electrons. The quantitative estimate of drug-likeness (QED) is 0.572. The van der Waals surface area contributed by atoms with Crippen LogP contribution < -0.4 is 10.2 Å². The predicted octanol–water partition coefficient (Wildman–Crippen LogP) is 5.61. The Kier molecular flexibility index (Phi) is 6.21. The maximum atomic E-state index is 12.7. The monoisotopic (exact) mass is 440 g/mol. The third-order valence-corrected chi connectivity index (χ3v) is 6.17. The molecule has 0 atom stereocenters. The van der Waals surface area contributed by atoms with Crippen molar-refractivity contribution in [2.45, 2.75) is 19.8 Å². The predicted molar refractivity (Wildman–Crippen MR) is 122 cm³/mol. The van der Waals surface area contributed by atoms with Gasteiger partial charge in [-0.1, -0.05) is 41.4 Å². The van der Waals surface area contributed by atoms with E-state index in [1.54, 1.807) is 0 Å². The third kappa shape index (κ3) is 4.58. The molecule has 1 aliphatic heterocycles. The molecule has 7 heteroatoms. The van der Waals surface area contributed by atoms with E-state index in [1.165, 1.54) is 0 Å². The van der Waals surface area contributed by atoms with Gasteiger partial charge in [0.15, 0.2) is 5.82 Å². The minimum absolute atomic E-state index is 0.0269. The number of hydrogen-bond acceptors (Lipinski definition) is 4. The first-order chi connectivity index (χ1) is 14.5. The normalized spacial score (nSPS) is 14.6. The molecule has 3 aromatic rings. The van der Waals surface area contributed by atoms with Crippen molar-refractivity contribution in [2.24, 2.45) is 5.92 Å². The van der Waals surface area contributed by atoms with Crippen molar-refractivity contribution in [3.05, 3.63) is 70.2 Å². The second kappa shape index (κ2) is 9.02. The van der Waals surface area contributed by atoms with Crippen LogP contribution in [0, 0.1) is 12.8 Å². The fourth-order valence-corrected chi connectivity index (χ4v) is 3.92. The molecule has 1 saturated heterocycles. The van der Waals surface area contributed by atoms with Crippen LogP contribution in [0.5, 0.6) is 0 Å². The molecule has 1 N–H and O–H groups in total. The molecule has 0 bridgehead atoms. The molecule has 2 aromatic carbocycles. The number of anilines is 2. The Labute approximate surface area is 186 Å². The van der Waals surface area contributed by atoms with Crippen molar-refractivity contribution >= 4 is 40.6 Å². The molecule has 0 aliphatic carbocycles. The van der Waals surface area contributed by atoms with Crippen LogP contribution >= 0.6 is 23.2 Å². The maximum Gasteiger partial charge on any atom is 0.227 e. The van der Waals surface area contributed by atoms with Crippen molar-refractivity contribution in [3.63, 3.8) is 0 Å². The van der Waals surface area contributed by atoms with Crippen molar-refractivity contribution < 1.29 is 4.79 Å². The van der Waals surface area contributed by atoms with Gasteiger partial charge >= 0.3 is 0 Å². The van der Waals surface area contributed by atoms with Gasteiger partial charge in [0.2, 0.25) is 5.91 Å². The fraction of sp³-hybridized carbons (Fsp3) is 0.261. The summed E-state index contributed by atoms with van der Waals surface area (Å²) in [6.07, 6.45) is 1.54. The van der Waals surface area contributed by atoms with Crippen molar-refractivity contribution in [3.8, 4) is 11.3 Å². The number of nitrogens with zero attached hydrogens (tertiary/aromatic N) is 3. The highest BCUT2D eigenvalue weighted by atomic mass is 35.5. The summed E-state index contributed by atoms with van der Waals surface area (Å²) >= 11 is 12.1. The lowest BCUT2D eigenvalue weighted by atomic mass is 9.95. The van der Waals surface area contributed by atoms with E-state index in [9.17, 15) is 4.79 Å². The highest BCUT2D eigenvalue weighted by molar-refractivity contribution is 6.31. The lowest BCUT2D eigenvalue weighted by molar-refractivity contribution is -0.120. The zero-order valence-corrected chi connectivity index (χ0v) is 18.1. The molecule has 0 spiro atoms. The van der Waals surface area contributed by atoms with Gasteiger partial charge in [-0.2, -0.15) is 0 Å². The molecule has 4 rings (SSSR count). The van der Waals surface area contributed by atoms with Crippen LogP contribution in [0.25, 0.3) is 11.3 Å². The van der Waals surface area contributed by atoms with E-state index in [1.807, 2.05) is 61.5 Å². The standard InChI is InChI=1S/C23H22Cl2N4O/c1-15-19(25)3-2-4-20(15)26-23(30)17-11-13-29(14-12-17)22-10-9-21(27-28-22)16-5-7-18(24)8-6-16/h2-10,17H,11-14H2,1H3,(H,26,30). The first-order valence-electron chi connectivity index (χ1n) is 9.92. The molecule has 0 unspecified atom stereocenters. The van der Waals surface area contributed by atoms with Crippen molar-refractivity contribution in [2.75, 3.05) is 23.3 Å². The third-order valence-electron chi connectivity index (χ3n) is 5.51. The lowest BCUT2D eigenvalue weighted by Gasteiger charge is -2.32. The van der Waals surface area contributed by atoms with Crippen molar-refractivity contribution in [1.82, 2.24) is 10.2 Å². The van der Waals surface area contributed by atoms with Crippen LogP contribution in [0.15, 0.2) is 54.6 Å². The SMILES string of the molecule is Cc1c(Cl)cccc1NC(=O)C1CCN(c2ccc(-c3ccc(Cl)cc3)nn2)CC1. The van der Waals surface area contributed by atoms with E-state index in [0.29, 0.717) is 10.0 Å². The average Bonchev–Trinajstić information content (AvgIpc) is 2.78. The van der Waals surface area contributed by atoms with Crippen LogP contribution in [0.4, 0.5) is 11.5 Å². The average molecular weight is 441 g/mol. The fourth-order valence-electron chi connectivity index (χ4n) is 3.62. The van der Waals surface area contributed by atoms with Crippen LogP contribution in [-0.4, -0.2) is 29.2 Å². The van der Waals surface area contributed by atoms with Gasteiger partial charge in [-0.3, -0.25) is 4.79 Å². The number of rotatable bonds is 4. The first-order valence-corrected chi connectivity index (χ1v) is 10.7. The number of halogens is 2. The summed E-state index contributed by atoms with van der Waals surface area (Å²) in [5.41, 5.74) is 3.45. The smallest absolute Gasteiger partial charge is 0.227 e. The van der Waals surface area contributed by atoms with Gasteiger partial charge in [-0.15, -0.1) is 10.2 Å². The zero-order chi connectivity index (χ0) is 21.1. The van der Waals surface area contributed by atoms with Crippen LogP contribution in [-0.2, 0) is 4.79 Å². The summed E-state index contributed by atoms with van der Waals surface area (Å²) in [7, 11) is 0. The number of hydrogen-bond donors (Lipinski definition) is 1. The number of carbonyl (C=O) groups excluding carboxylic acids is 1. The van der Waals surface area contributed by atoms with Crippen LogP contribution in [0.2, 0.25) is 10.0 Å². The Morgan fingerprint density at radius 1 is 1.00 bits per heavy atom. The molecular weight excluding hydrogens is 419 g/mol. The number of amides is 1. The Balaban J connectivity index is 1.35. The maximum absolute atomic E-state index is 12.7. The highest BCUT2D eigenvalue weighted by Crippen LogP contribution is 2.27. The lowest BCUT2D eigenvalue weighted by Crippen LogP contribution is -2.38. The van der Waals surface area contributed by atoms with Crippen LogP contribution in [0.3, 0.4) is 0 Å². The second-order valence-electron chi connectivity index (χ2n) is 7.45. The van der Waals surface area contributed by atoms with Gasteiger partial charge in [0.25, 0.3) is 0 Å². The summed E-state index contributed by atoms with van der Waals surface area (Å²) in [6, 6.07) is 17.0.